The van der Waals surface area contributed by atoms with E-state index in [0.29, 0.717) is 18.0 Å². The van der Waals surface area contributed by atoms with Crippen molar-refractivity contribution >= 4 is 11.7 Å². The Balaban J connectivity index is 3.05. The number of rotatable bonds is 7. The molecule has 1 rings (SSSR count). The molecule has 1 N–H and O–H groups in total. The SMILES string of the molecule is CC(C)CC(C)N(C)Cc1cccc([N+](=O)[O-])c1C(=O)O. The van der Waals surface area contributed by atoms with E-state index in [4.69, 9.17) is 0 Å². The maximum Gasteiger partial charge on any atom is 0.343 e. The molecule has 1 unspecified atom stereocenters. The number of aromatic carboxylic acids is 1. The van der Waals surface area contributed by atoms with Crippen LogP contribution in [-0.2, 0) is 6.54 Å². The van der Waals surface area contributed by atoms with Crippen LogP contribution in [0.25, 0.3) is 0 Å². The Labute approximate surface area is 124 Å². The molecule has 1 atom stereocenters. The number of nitrogens with zero attached hydrogens (tertiary/aromatic N) is 2. The molecule has 0 saturated heterocycles. The molecule has 0 radical (unpaired) electrons. The Morgan fingerprint density at radius 2 is 2.00 bits per heavy atom. The van der Waals surface area contributed by atoms with E-state index in [2.05, 4.69) is 20.8 Å². The van der Waals surface area contributed by atoms with Crippen LogP contribution < -0.4 is 0 Å². The van der Waals surface area contributed by atoms with Gasteiger partial charge in [-0.2, -0.15) is 0 Å². The smallest absolute Gasteiger partial charge is 0.343 e. The average Bonchev–Trinajstić information content (AvgIpc) is 2.37. The first kappa shape index (κ1) is 17.1. The Kier molecular flexibility index (Phi) is 5.84. The van der Waals surface area contributed by atoms with Gasteiger partial charge in [-0.25, -0.2) is 4.79 Å². The van der Waals surface area contributed by atoms with Crippen LogP contribution in [0.5, 0.6) is 0 Å². The molecule has 0 amide bonds. The van der Waals surface area contributed by atoms with Crippen LogP contribution in [0.2, 0.25) is 0 Å². The summed E-state index contributed by atoms with van der Waals surface area (Å²) in [5.41, 5.74) is -0.106. The van der Waals surface area contributed by atoms with Crippen molar-refractivity contribution < 1.29 is 14.8 Å². The molecule has 0 aliphatic heterocycles. The van der Waals surface area contributed by atoms with Crippen LogP contribution in [0.3, 0.4) is 0 Å². The van der Waals surface area contributed by atoms with Gasteiger partial charge in [-0.3, -0.25) is 15.0 Å². The summed E-state index contributed by atoms with van der Waals surface area (Å²) in [6.45, 7) is 6.69. The second-order valence-corrected chi connectivity index (χ2v) is 5.77. The van der Waals surface area contributed by atoms with Gasteiger partial charge in [-0.15, -0.1) is 0 Å². The van der Waals surface area contributed by atoms with E-state index in [0.717, 1.165) is 6.42 Å². The Morgan fingerprint density at radius 1 is 1.38 bits per heavy atom. The lowest BCUT2D eigenvalue weighted by Crippen LogP contribution is -2.30. The summed E-state index contributed by atoms with van der Waals surface area (Å²) >= 11 is 0. The van der Waals surface area contributed by atoms with Crippen LogP contribution in [0.15, 0.2) is 18.2 Å². The summed E-state index contributed by atoms with van der Waals surface area (Å²) in [7, 11) is 1.90. The second kappa shape index (κ2) is 7.17. The summed E-state index contributed by atoms with van der Waals surface area (Å²) in [4.78, 5) is 23.7. The number of carboxylic acid groups (broad SMARTS) is 1. The van der Waals surface area contributed by atoms with E-state index < -0.39 is 10.9 Å². The van der Waals surface area contributed by atoms with E-state index in [-0.39, 0.29) is 17.3 Å². The molecule has 0 aromatic heterocycles. The van der Waals surface area contributed by atoms with Crippen molar-refractivity contribution in [2.24, 2.45) is 5.92 Å². The fourth-order valence-corrected chi connectivity index (χ4v) is 2.40. The summed E-state index contributed by atoms with van der Waals surface area (Å²) < 4.78 is 0. The molecular formula is C15H22N2O4. The highest BCUT2D eigenvalue weighted by atomic mass is 16.6. The molecule has 116 valence electrons. The molecule has 21 heavy (non-hydrogen) atoms. The van der Waals surface area contributed by atoms with Crippen molar-refractivity contribution in [1.29, 1.82) is 0 Å². The second-order valence-electron chi connectivity index (χ2n) is 5.77. The van der Waals surface area contributed by atoms with Crippen molar-refractivity contribution in [2.45, 2.75) is 39.8 Å². The van der Waals surface area contributed by atoms with Gasteiger partial charge in [0.1, 0.15) is 5.56 Å². The van der Waals surface area contributed by atoms with Crippen LogP contribution >= 0.6 is 0 Å². The largest absolute Gasteiger partial charge is 0.477 e. The van der Waals surface area contributed by atoms with Gasteiger partial charge in [0, 0.05) is 18.7 Å². The Morgan fingerprint density at radius 3 is 2.48 bits per heavy atom. The van der Waals surface area contributed by atoms with Gasteiger partial charge >= 0.3 is 5.97 Å². The molecule has 0 saturated carbocycles. The zero-order valence-corrected chi connectivity index (χ0v) is 12.9. The van der Waals surface area contributed by atoms with Gasteiger partial charge in [0.05, 0.1) is 4.92 Å². The fourth-order valence-electron chi connectivity index (χ4n) is 2.40. The molecule has 0 aliphatic rings. The lowest BCUT2D eigenvalue weighted by atomic mass is 10.0. The van der Waals surface area contributed by atoms with Crippen LogP contribution in [0.1, 0.15) is 43.1 Å². The predicted molar refractivity (Wildman–Crippen MR) is 80.4 cm³/mol. The first-order chi connectivity index (χ1) is 9.73. The molecule has 0 spiro atoms. The van der Waals surface area contributed by atoms with E-state index in [9.17, 15) is 20.0 Å². The minimum Gasteiger partial charge on any atom is -0.477 e. The average molecular weight is 294 g/mol. The predicted octanol–water partition coefficient (Wildman–Crippen LogP) is 3.16. The Hall–Kier alpha value is -1.95. The zero-order chi connectivity index (χ0) is 16.2. The van der Waals surface area contributed by atoms with Crippen LogP contribution in [-0.4, -0.2) is 34.0 Å². The summed E-state index contributed by atoms with van der Waals surface area (Å²) in [5, 5.41) is 20.2. The minimum atomic E-state index is -1.26. The van der Waals surface area contributed by atoms with E-state index in [1.165, 1.54) is 12.1 Å². The molecule has 0 heterocycles. The van der Waals surface area contributed by atoms with Crippen LogP contribution in [0.4, 0.5) is 5.69 Å². The molecule has 0 aliphatic carbocycles. The third-order valence-corrected chi connectivity index (χ3v) is 3.52. The maximum atomic E-state index is 11.4. The number of hydrogen-bond donors (Lipinski definition) is 1. The topological polar surface area (TPSA) is 83.7 Å². The van der Waals surface area contributed by atoms with E-state index in [1.54, 1.807) is 6.07 Å². The fraction of sp³-hybridized carbons (Fsp3) is 0.533. The van der Waals surface area contributed by atoms with Gasteiger partial charge in [0.2, 0.25) is 0 Å². The molecule has 6 nitrogen and oxygen atoms in total. The van der Waals surface area contributed by atoms with Crippen molar-refractivity contribution in [3.05, 3.63) is 39.4 Å². The van der Waals surface area contributed by atoms with Gasteiger partial charge in [-0.05, 0) is 31.9 Å². The summed E-state index contributed by atoms with van der Waals surface area (Å²) in [6, 6.07) is 4.66. The number of nitro benzene ring substituents is 1. The monoisotopic (exact) mass is 294 g/mol. The van der Waals surface area contributed by atoms with Crippen molar-refractivity contribution in [1.82, 2.24) is 4.90 Å². The first-order valence-corrected chi connectivity index (χ1v) is 6.93. The molecule has 6 heteroatoms. The molecular weight excluding hydrogens is 272 g/mol. The third-order valence-electron chi connectivity index (χ3n) is 3.52. The van der Waals surface area contributed by atoms with Gasteiger partial charge in [-0.1, -0.05) is 26.0 Å². The quantitative estimate of drug-likeness (QED) is 0.617. The zero-order valence-electron chi connectivity index (χ0n) is 12.9. The molecule has 0 bridgehead atoms. The Bertz CT molecular complexity index is 528. The normalized spacial score (nSPS) is 12.7. The number of benzene rings is 1. The van der Waals surface area contributed by atoms with Crippen molar-refractivity contribution in [3.63, 3.8) is 0 Å². The third kappa shape index (κ3) is 4.53. The van der Waals surface area contributed by atoms with Gasteiger partial charge < -0.3 is 5.11 Å². The van der Waals surface area contributed by atoms with Crippen molar-refractivity contribution in [2.75, 3.05) is 7.05 Å². The maximum absolute atomic E-state index is 11.4. The number of carboxylic acids is 1. The highest BCUT2D eigenvalue weighted by Gasteiger charge is 2.24. The summed E-state index contributed by atoms with van der Waals surface area (Å²) in [6.07, 6.45) is 0.980. The first-order valence-electron chi connectivity index (χ1n) is 6.93. The molecule has 1 aromatic carbocycles. The molecule has 0 fully saturated rings. The highest BCUT2D eigenvalue weighted by molar-refractivity contribution is 5.94. The number of carbonyl (C=O) groups is 1. The van der Waals surface area contributed by atoms with Crippen LogP contribution in [0, 0.1) is 16.0 Å². The lowest BCUT2D eigenvalue weighted by molar-refractivity contribution is -0.385. The van der Waals surface area contributed by atoms with Crippen molar-refractivity contribution in [3.8, 4) is 0 Å². The van der Waals surface area contributed by atoms with Gasteiger partial charge in [0.25, 0.3) is 5.69 Å². The van der Waals surface area contributed by atoms with Gasteiger partial charge in [0.15, 0.2) is 0 Å². The number of nitro groups is 1. The van der Waals surface area contributed by atoms with E-state index >= 15 is 0 Å². The number of hydrogen-bond acceptors (Lipinski definition) is 4. The highest BCUT2D eigenvalue weighted by Crippen LogP contribution is 2.24. The minimum absolute atomic E-state index is 0.217. The standard InChI is InChI=1S/C15H22N2O4/c1-10(2)8-11(3)16(4)9-12-6-5-7-13(17(20)21)14(12)15(18)19/h5-7,10-11H,8-9H2,1-4H3,(H,18,19). The summed E-state index contributed by atoms with van der Waals surface area (Å²) in [5.74, 6) is -0.728. The lowest BCUT2D eigenvalue weighted by Gasteiger charge is -2.26. The van der Waals surface area contributed by atoms with E-state index in [1.807, 2.05) is 11.9 Å². The molecule has 1 aromatic rings.